The van der Waals surface area contributed by atoms with Gasteiger partial charge in [-0.05, 0) is 23.8 Å². The molecule has 1 aromatic carbocycles. The average molecular weight is 321 g/mol. The van der Waals surface area contributed by atoms with Gasteiger partial charge in [0, 0.05) is 44.5 Å². The van der Waals surface area contributed by atoms with E-state index in [0.29, 0.717) is 12.1 Å². The van der Waals surface area contributed by atoms with Crippen molar-refractivity contribution < 1.29 is 13.6 Å². The fraction of sp³-hybridized carbons (Fsp3) is 0.353. The Labute approximate surface area is 134 Å². The van der Waals surface area contributed by atoms with Crippen LogP contribution in [-0.4, -0.2) is 29.1 Å². The molecule has 0 aliphatic heterocycles. The molecule has 0 fully saturated rings. The van der Waals surface area contributed by atoms with Crippen molar-refractivity contribution in [2.75, 3.05) is 13.6 Å². The molecule has 124 valence electrons. The summed E-state index contributed by atoms with van der Waals surface area (Å²) < 4.78 is 28.6. The number of nitrogens with one attached hydrogen (secondary N) is 1. The molecule has 1 heterocycles. The van der Waals surface area contributed by atoms with Gasteiger partial charge in [-0.15, -0.1) is 0 Å². The highest BCUT2D eigenvalue weighted by Gasteiger charge is 2.15. The van der Waals surface area contributed by atoms with Crippen molar-refractivity contribution in [2.24, 2.45) is 7.05 Å². The van der Waals surface area contributed by atoms with Gasteiger partial charge in [0.1, 0.15) is 11.6 Å². The van der Waals surface area contributed by atoms with Crippen LogP contribution in [0.15, 0.2) is 36.5 Å². The van der Waals surface area contributed by atoms with E-state index >= 15 is 0 Å². The second-order valence-electron chi connectivity index (χ2n) is 5.72. The number of hydrogen-bond donors (Lipinski definition) is 1. The van der Waals surface area contributed by atoms with E-state index in [1.165, 1.54) is 12.1 Å². The van der Waals surface area contributed by atoms with Crippen molar-refractivity contribution in [2.45, 2.75) is 19.4 Å². The van der Waals surface area contributed by atoms with Gasteiger partial charge in [0.25, 0.3) is 0 Å². The maximum atomic E-state index is 13.7. The Morgan fingerprint density at radius 2 is 2.09 bits per heavy atom. The Kier molecular flexibility index (Phi) is 5.36. The molecule has 23 heavy (non-hydrogen) atoms. The van der Waals surface area contributed by atoms with Gasteiger partial charge in [-0.1, -0.05) is 13.0 Å². The predicted molar refractivity (Wildman–Crippen MR) is 85.1 cm³/mol. The topological polar surface area (TPSA) is 37.3 Å². The summed E-state index contributed by atoms with van der Waals surface area (Å²) in [6.45, 7) is 2.54. The number of benzene rings is 1. The normalized spacial score (nSPS) is 12.0. The number of halogens is 2. The number of carbonyl (C=O) groups is 1. The number of aryl methyl sites for hydroxylation is 1. The highest BCUT2D eigenvalue weighted by atomic mass is 19.1. The Morgan fingerprint density at radius 3 is 2.70 bits per heavy atom. The molecule has 6 heteroatoms. The fourth-order valence-electron chi connectivity index (χ4n) is 2.36. The first kappa shape index (κ1) is 17.0. The average Bonchev–Trinajstić information content (AvgIpc) is 2.89. The Hall–Kier alpha value is -2.37. The van der Waals surface area contributed by atoms with E-state index in [1.807, 2.05) is 29.9 Å². The summed E-state index contributed by atoms with van der Waals surface area (Å²) in [6.07, 6.45) is 1.92. The Balaban J connectivity index is 1.89. The molecule has 0 aliphatic rings. The van der Waals surface area contributed by atoms with Crippen LogP contribution < -0.4 is 5.32 Å². The van der Waals surface area contributed by atoms with Crippen molar-refractivity contribution in [3.8, 4) is 0 Å². The van der Waals surface area contributed by atoms with Gasteiger partial charge in [0.05, 0.1) is 6.54 Å². The molecular formula is C17H21F2N3O. The third-order valence-corrected chi connectivity index (χ3v) is 3.85. The van der Waals surface area contributed by atoms with Crippen LogP contribution in [0.5, 0.6) is 0 Å². The third-order valence-electron chi connectivity index (χ3n) is 3.85. The van der Waals surface area contributed by atoms with E-state index < -0.39 is 11.6 Å². The summed E-state index contributed by atoms with van der Waals surface area (Å²) in [5, 5.41) is 2.77. The van der Waals surface area contributed by atoms with Gasteiger partial charge in [-0.25, -0.2) is 13.6 Å². The van der Waals surface area contributed by atoms with Crippen molar-refractivity contribution >= 4 is 6.03 Å². The molecule has 2 aromatic rings. The van der Waals surface area contributed by atoms with Gasteiger partial charge < -0.3 is 14.8 Å². The summed E-state index contributed by atoms with van der Waals surface area (Å²) >= 11 is 0. The fourth-order valence-corrected chi connectivity index (χ4v) is 2.36. The van der Waals surface area contributed by atoms with Crippen LogP contribution in [-0.2, 0) is 13.6 Å². The van der Waals surface area contributed by atoms with Gasteiger partial charge >= 0.3 is 6.03 Å². The summed E-state index contributed by atoms with van der Waals surface area (Å²) in [5.41, 5.74) is 1.40. The zero-order valence-electron chi connectivity index (χ0n) is 13.5. The van der Waals surface area contributed by atoms with Gasteiger partial charge in [-0.2, -0.15) is 0 Å². The van der Waals surface area contributed by atoms with E-state index in [0.717, 1.165) is 11.8 Å². The second kappa shape index (κ2) is 7.26. The Morgan fingerprint density at radius 1 is 1.35 bits per heavy atom. The van der Waals surface area contributed by atoms with Crippen LogP contribution in [0.3, 0.4) is 0 Å². The highest BCUT2D eigenvalue weighted by molar-refractivity contribution is 5.73. The van der Waals surface area contributed by atoms with Crippen LogP contribution in [0.1, 0.15) is 24.1 Å². The SMILES string of the molecule is C[C@@H](CNC(=O)N(C)Cc1cccn1C)c1ccc(F)cc1F. The first-order valence-corrected chi connectivity index (χ1v) is 7.42. The van der Waals surface area contributed by atoms with Gasteiger partial charge in [0.2, 0.25) is 0 Å². The molecule has 0 aliphatic carbocycles. The first-order chi connectivity index (χ1) is 10.9. The maximum Gasteiger partial charge on any atom is 0.317 e. The van der Waals surface area contributed by atoms with Crippen LogP contribution >= 0.6 is 0 Å². The van der Waals surface area contributed by atoms with E-state index in [2.05, 4.69) is 5.32 Å². The molecule has 4 nitrogen and oxygen atoms in total. The van der Waals surface area contributed by atoms with Crippen LogP contribution in [0.25, 0.3) is 0 Å². The molecule has 0 unspecified atom stereocenters. The summed E-state index contributed by atoms with van der Waals surface area (Å²) in [6, 6.07) is 7.11. The standard InChI is InChI=1S/C17H21F2N3O/c1-12(15-7-6-13(18)9-16(15)19)10-20-17(23)22(3)11-14-5-4-8-21(14)2/h4-9,12H,10-11H2,1-3H3,(H,20,23)/t12-/m0/s1. The maximum absolute atomic E-state index is 13.7. The monoisotopic (exact) mass is 321 g/mol. The summed E-state index contributed by atoms with van der Waals surface area (Å²) in [5.74, 6) is -1.45. The largest absolute Gasteiger partial charge is 0.353 e. The lowest BCUT2D eigenvalue weighted by atomic mass is 10.0. The van der Waals surface area contributed by atoms with Crippen LogP contribution in [0.2, 0.25) is 0 Å². The van der Waals surface area contributed by atoms with E-state index in [-0.39, 0.29) is 18.5 Å². The number of nitrogens with zero attached hydrogens (tertiary/aromatic N) is 2. The lowest BCUT2D eigenvalue weighted by molar-refractivity contribution is 0.205. The molecule has 1 atom stereocenters. The zero-order valence-corrected chi connectivity index (χ0v) is 13.5. The molecule has 0 saturated heterocycles. The Bertz CT molecular complexity index is 684. The third kappa shape index (κ3) is 4.31. The number of aromatic nitrogens is 1. The van der Waals surface area contributed by atoms with E-state index in [9.17, 15) is 13.6 Å². The number of carbonyl (C=O) groups excluding carboxylic acids is 1. The number of urea groups is 1. The first-order valence-electron chi connectivity index (χ1n) is 7.42. The van der Waals surface area contributed by atoms with Crippen molar-refractivity contribution in [3.63, 3.8) is 0 Å². The molecule has 2 amide bonds. The lowest BCUT2D eigenvalue weighted by Crippen LogP contribution is -2.38. The number of amides is 2. The minimum absolute atomic E-state index is 0.236. The zero-order chi connectivity index (χ0) is 17.0. The van der Waals surface area contributed by atoms with Crippen LogP contribution in [0.4, 0.5) is 13.6 Å². The number of rotatable bonds is 5. The molecule has 0 bridgehead atoms. The van der Waals surface area contributed by atoms with Gasteiger partial charge in [0.15, 0.2) is 0 Å². The van der Waals surface area contributed by atoms with E-state index in [4.69, 9.17) is 0 Å². The molecule has 1 N–H and O–H groups in total. The summed E-state index contributed by atoms with van der Waals surface area (Å²) in [4.78, 5) is 13.7. The van der Waals surface area contributed by atoms with Crippen molar-refractivity contribution in [3.05, 3.63) is 59.4 Å². The van der Waals surface area contributed by atoms with Crippen LogP contribution in [0, 0.1) is 11.6 Å². The predicted octanol–water partition coefficient (Wildman–Crippen LogP) is 3.25. The smallest absolute Gasteiger partial charge is 0.317 e. The molecule has 2 rings (SSSR count). The quantitative estimate of drug-likeness (QED) is 0.902. The van der Waals surface area contributed by atoms with Crippen molar-refractivity contribution in [1.82, 2.24) is 14.8 Å². The van der Waals surface area contributed by atoms with Gasteiger partial charge in [-0.3, -0.25) is 0 Å². The lowest BCUT2D eigenvalue weighted by Gasteiger charge is -2.20. The van der Waals surface area contributed by atoms with E-state index in [1.54, 1.807) is 18.9 Å². The molecule has 0 radical (unpaired) electrons. The minimum atomic E-state index is -0.607. The number of hydrogen-bond acceptors (Lipinski definition) is 1. The second-order valence-corrected chi connectivity index (χ2v) is 5.72. The molecule has 0 saturated carbocycles. The highest BCUT2D eigenvalue weighted by Crippen LogP contribution is 2.19. The summed E-state index contributed by atoms with van der Waals surface area (Å²) in [7, 11) is 3.62. The molecular weight excluding hydrogens is 300 g/mol. The molecule has 1 aromatic heterocycles. The molecule has 0 spiro atoms. The minimum Gasteiger partial charge on any atom is -0.353 e. The van der Waals surface area contributed by atoms with Crippen molar-refractivity contribution in [1.29, 1.82) is 0 Å².